The summed E-state index contributed by atoms with van der Waals surface area (Å²) < 4.78 is 5.32. The van der Waals surface area contributed by atoms with Gasteiger partial charge in [-0.05, 0) is 31.0 Å². The van der Waals surface area contributed by atoms with Gasteiger partial charge in [-0.2, -0.15) is 5.10 Å². The molecule has 0 radical (unpaired) electrons. The molecular formula is C14H18N4O. The van der Waals surface area contributed by atoms with Crippen molar-refractivity contribution in [3.63, 3.8) is 0 Å². The number of aromatic nitrogens is 2. The van der Waals surface area contributed by atoms with E-state index in [0.717, 1.165) is 30.0 Å². The highest BCUT2D eigenvalue weighted by Crippen LogP contribution is 2.37. The fourth-order valence-corrected chi connectivity index (χ4v) is 2.60. The van der Waals surface area contributed by atoms with Crippen LogP contribution in [0.1, 0.15) is 12.8 Å². The summed E-state index contributed by atoms with van der Waals surface area (Å²) in [5.74, 6) is 1.42. The van der Waals surface area contributed by atoms with Crippen LogP contribution in [-0.2, 0) is 0 Å². The lowest BCUT2D eigenvalue weighted by atomic mass is 10.0. The first kappa shape index (κ1) is 11.9. The molecule has 2 heterocycles. The molecule has 1 saturated heterocycles. The van der Waals surface area contributed by atoms with Crippen molar-refractivity contribution in [1.82, 2.24) is 10.2 Å². The average molecular weight is 258 g/mol. The number of H-pyrrole nitrogens is 1. The Morgan fingerprint density at radius 1 is 1.26 bits per heavy atom. The zero-order valence-corrected chi connectivity index (χ0v) is 11.0. The summed E-state index contributed by atoms with van der Waals surface area (Å²) >= 11 is 0. The molecule has 1 aromatic heterocycles. The second-order valence-electron chi connectivity index (χ2n) is 4.77. The van der Waals surface area contributed by atoms with Gasteiger partial charge in [-0.15, -0.1) is 0 Å². The van der Waals surface area contributed by atoms with Crippen LogP contribution in [0.2, 0.25) is 0 Å². The maximum Gasteiger partial charge on any atom is 0.126 e. The number of ether oxygens (including phenoxy) is 1. The highest BCUT2D eigenvalue weighted by atomic mass is 16.5. The first-order chi connectivity index (χ1) is 9.29. The number of nitrogens with one attached hydrogen (secondary N) is 1. The number of benzene rings is 1. The predicted octanol–water partition coefficient (Wildman–Crippen LogP) is 2.27. The van der Waals surface area contributed by atoms with Gasteiger partial charge in [-0.1, -0.05) is 0 Å². The van der Waals surface area contributed by atoms with Crippen LogP contribution >= 0.6 is 0 Å². The smallest absolute Gasteiger partial charge is 0.126 e. The Hall–Kier alpha value is -2.17. The van der Waals surface area contributed by atoms with Gasteiger partial charge in [0.2, 0.25) is 0 Å². The number of nitrogens with two attached hydrogens (primary N) is 1. The molecule has 0 unspecified atom stereocenters. The van der Waals surface area contributed by atoms with E-state index in [2.05, 4.69) is 21.2 Å². The maximum atomic E-state index is 5.95. The molecule has 0 bridgehead atoms. The Balaban J connectivity index is 2.10. The summed E-state index contributed by atoms with van der Waals surface area (Å²) in [7, 11) is 1.67. The quantitative estimate of drug-likeness (QED) is 0.886. The van der Waals surface area contributed by atoms with Crippen molar-refractivity contribution in [3.8, 4) is 16.9 Å². The number of methoxy groups -OCH3 is 1. The van der Waals surface area contributed by atoms with Gasteiger partial charge in [-0.3, -0.25) is 5.10 Å². The topological polar surface area (TPSA) is 67.2 Å². The monoisotopic (exact) mass is 258 g/mol. The van der Waals surface area contributed by atoms with E-state index in [1.54, 1.807) is 13.3 Å². The summed E-state index contributed by atoms with van der Waals surface area (Å²) in [5.41, 5.74) is 9.16. The van der Waals surface area contributed by atoms with E-state index in [4.69, 9.17) is 10.5 Å². The minimum atomic E-state index is 0.591. The highest BCUT2D eigenvalue weighted by molar-refractivity contribution is 5.85. The molecule has 5 heteroatoms. The van der Waals surface area contributed by atoms with Crippen molar-refractivity contribution >= 4 is 11.5 Å². The van der Waals surface area contributed by atoms with Crippen LogP contribution in [0.15, 0.2) is 24.4 Å². The van der Waals surface area contributed by atoms with Crippen LogP contribution in [-0.4, -0.2) is 30.4 Å². The van der Waals surface area contributed by atoms with Crippen LogP contribution in [0.5, 0.6) is 5.75 Å². The molecular weight excluding hydrogens is 240 g/mol. The lowest BCUT2D eigenvalue weighted by molar-refractivity contribution is 0.415. The lowest BCUT2D eigenvalue weighted by Crippen LogP contribution is -2.18. The van der Waals surface area contributed by atoms with Crippen LogP contribution in [0, 0.1) is 0 Å². The Bertz CT molecular complexity index is 573. The Labute approximate surface area is 112 Å². The van der Waals surface area contributed by atoms with Gasteiger partial charge >= 0.3 is 0 Å². The summed E-state index contributed by atoms with van der Waals surface area (Å²) in [4.78, 5) is 2.39. The first-order valence-electron chi connectivity index (χ1n) is 6.52. The van der Waals surface area contributed by atoms with E-state index >= 15 is 0 Å². The van der Waals surface area contributed by atoms with Gasteiger partial charge in [0, 0.05) is 29.9 Å². The van der Waals surface area contributed by atoms with Crippen molar-refractivity contribution in [1.29, 1.82) is 0 Å². The summed E-state index contributed by atoms with van der Waals surface area (Å²) in [5, 5.41) is 6.80. The molecule has 1 aromatic carbocycles. The third-order valence-electron chi connectivity index (χ3n) is 3.61. The number of nitrogen functional groups attached to an aromatic ring is 1. The third-order valence-corrected chi connectivity index (χ3v) is 3.61. The minimum absolute atomic E-state index is 0.591. The maximum absolute atomic E-state index is 5.95. The van der Waals surface area contributed by atoms with Crippen molar-refractivity contribution in [2.75, 3.05) is 30.8 Å². The molecule has 1 aliphatic heterocycles. The average Bonchev–Trinajstić information content (AvgIpc) is 3.09. The third kappa shape index (κ3) is 2.12. The van der Waals surface area contributed by atoms with Gasteiger partial charge in [-0.25, -0.2) is 0 Å². The molecule has 5 nitrogen and oxygen atoms in total. The van der Waals surface area contributed by atoms with E-state index in [-0.39, 0.29) is 0 Å². The molecule has 0 spiro atoms. The van der Waals surface area contributed by atoms with Gasteiger partial charge in [0.25, 0.3) is 0 Å². The molecule has 1 fully saturated rings. The molecule has 19 heavy (non-hydrogen) atoms. The van der Waals surface area contributed by atoms with Gasteiger partial charge in [0.15, 0.2) is 0 Å². The van der Waals surface area contributed by atoms with Crippen molar-refractivity contribution in [3.05, 3.63) is 24.4 Å². The minimum Gasteiger partial charge on any atom is -0.497 e. The van der Waals surface area contributed by atoms with E-state index in [1.165, 1.54) is 18.5 Å². The number of anilines is 2. The van der Waals surface area contributed by atoms with Gasteiger partial charge in [0.1, 0.15) is 11.6 Å². The SMILES string of the molecule is COc1ccc(N2CCCC2)c(-c2cn[nH]c2N)c1. The number of hydrogen-bond donors (Lipinski definition) is 2. The number of rotatable bonds is 3. The Morgan fingerprint density at radius 3 is 2.68 bits per heavy atom. The van der Waals surface area contributed by atoms with Crippen LogP contribution in [0.4, 0.5) is 11.5 Å². The van der Waals surface area contributed by atoms with Crippen LogP contribution < -0.4 is 15.4 Å². The Morgan fingerprint density at radius 2 is 2.05 bits per heavy atom. The molecule has 0 atom stereocenters. The standard InChI is InChI=1S/C14H18N4O/c1-19-10-4-5-13(18-6-2-3-7-18)11(8-10)12-9-16-17-14(12)15/h4-5,8-9H,2-3,6-7H2,1H3,(H3,15,16,17). The molecule has 2 aromatic rings. The van der Waals surface area contributed by atoms with E-state index in [9.17, 15) is 0 Å². The van der Waals surface area contributed by atoms with Crippen LogP contribution in [0.3, 0.4) is 0 Å². The highest BCUT2D eigenvalue weighted by Gasteiger charge is 2.19. The summed E-state index contributed by atoms with van der Waals surface area (Å²) in [6, 6.07) is 6.12. The molecule has 0 saturated carbocycles. The molecule has 3 rings (SSSR count). The molecule has 100 valence electrons. The normalized spacial score (nSPS) is 14.9. The van der Waals surface area contributed by atoms with Gasteiger partial charge < -0.3 is 15.4 Å². The van der Waals surface area contributed by atoms with Crippen molar-refractivity contribution in [2.24, 2.45) is 0 Å². The van der Waals surface area contributed by atoms with Crippen molar-refractivity contribution < 1.29 is 4.74 Å². The predicted molar refractivity (Wildman–Crippen MR) is 76.4 cm³/mol. The zero-order valence-electron chi connectivity index (χ0n) is 11.0. The van der Waals surface area contributed by atoms with E-state index in [0.29, 0.717) is 5.82 Å². The number of nitrogens with zero attached hydrogens (tertiary/aromatic N) is 2. The molecule has 3 N–H and O–H groups in total. The molecule has 0 aliphatic carbocycles. The summed E-state index contributed by atoms with van der Waals surface area (Å²) in [6.45, 7) is 2.19. The van der Waals surface area contributed by atoms with Crippen molar-refractivity contribution in [2.45, 2.75) is 12.8 Å². The summed E-state index contributed by atoms with van der Waals surface area (Å²) in [6.07, 6.45) is 4.25. The van der Waals surface area contributed by atoms with Crippen LogP contribution in [0.25, 0.3) is 11.1 Å². The second-order valence-corrected chi connectivity index (χ2v) is 4.77. The number of aromatic amines is 1. The van der Waals surface area contributed by atoms with E-state index < -0.39 is 0 Å². The molecule has 0 amide bonds. The largest absolute Gasteiger partial charge is 0.497 e. The fourth-order valence-electron chi connectivity index (χ4n) is 2.60. The fraction of sp³-hybridized carbons (Fsp3) is 0.357. The van der Waals surface area contributed by atoms with E-state index in [1.807, 2.05) is 12.1 Å². The second kappa shape index (κ2) is 4.84. The zero-order chi connectivity index (χ0) is 13.2. The molecule has 1 aliphatic rings. The first-order valence-corrected chi connectivity index (χ1v) is 6.52. The lowest BCUT2D eigenvalue weighted by Gasteiger charge is -2.21. The Kier molecular flexibility index (Phi) is 3.03. The van der Waals surface area contributed by atoms with Gasteiger partial charge in [0.05, 0.1) is 13.3 Å². The number of hydrogen-bond acceptors (Lipinski definition) is 4.